The second-order valence-corrected chi connectivity index (χ2v) is 11.2. The molecule has 0 unspecified atom stereocenters. The number of fused-ring (bicyclic) bond motifs is 1. The lowest BCUT2D eigenvalue weighted by Crippen LogP contribution is -1.90. The van der Waals surface area contributed by atoms with Gasteiger partial charge < -0.3 is 0 Å². The number of halogens is 3. The normalized spacial score (nSPS) is 11.6. The summed E-state index contributed by atoms with van der Waals surface area (Å²) < 4.78 is 50.1. The van der Waals surface area contributed by atoms with Crippen molar-refractivity contribution in [2.24, 2.45) is 0 Å². The van der Waals surface area contributed by atoms with Crippen molar-refractivity contribution < 1.29 is 13.2 Å². The molecule has 0 bridgehead atoms. The van der Waals surface area contributed by atoms with Gasteiger partial charge in [0.1, 0.15) is 11.0 Å². The molecule has 0 saturated carbocycles. The van der Waals surface area contributed by atoms with Crippen LogP contribution in [0.25, 0.3) is 41.7 Å². The van der Waals surface area contributed by atoms with Gasteiger partial charge in [0.25, 0.3) is 0 Å². The number of hydrogen-bond acceptors (Lipinski definition) is 5. The van der Waals surface area contributed by atoms with Crippen LogP contribution in [0.15, 0.2) is 42.5 Å². The number of nitrogens with zero attached hydrogens (tertiary/aromatic N) is 2. The van der Waals surface area contributed by atoms with E-state index >= 15 is 0 Å². The maximum absolute atomic E-state index is 13.8. The number of unbranched alkanes of at least 4 members (excludes halogenated alkanes) is 3. The maximum atomic E-state index is 13.8. The van der Waals surface area contributed by atoms with Crippen LogP contribution in [0.2, 0.25) is 0 Å². The van der Waals surface area contributed by atoms with Gasteiger partial charge in [-0.3, -0.25) is 0 Å². The number of thiophene rings is 2. The monoisotopic (exact) mass is 528 g/mol. The average molecular weight is 529 g/mol. The number of aromatic nitrogens is 2. The van der Waals surface area contributed by atoms with Gasteiger partial charge in [-0.2, -0.15) is 8.75 Å². The Morgan fingerprint density at radius 3 is 2.29 bits per heavy atom. The summed E-state index contributed by atoms with van der Waals surface area (Å²) in [4.78, 5) is 4.03. The molecule has 5 rings (SSSR count). The van der Waals surface area contributed by atoms with E-state index < -0.39 is 17.5 Å². The summed E-state index contributed by atoms with van der Waals surface area (Å²) in [6.07, 6.45) is 5.63. The Kier molecular flexibility index (Phi) is 7.05. The van der Waals surface area contributed by atoms with Gasteiger partial charge in [0.15, 0.2) is 17.5 Å². The fourth-order valence-corrected chi connectivity index (χ4v) is 7.19. The Labute approximate surface area is 214 Å². The van der Waals surface area contributed by atoms with E-state index in [0.29, 0.717) is 10.4 Å². The molecule has 0 spiro atoms. The molecule has 0 radical (unpaired) electrons. The highest BCUT2D eigenvalue weighted by atomic mass is 32.1. The Hall–Kier alpha value is -2.55. The van der Waals surface area contributed by atoms with Crippen molar-refractivity contribution in [3.05, 3.63) is 71.0 Å². The average Bonchev–Trinajstić information content (AvgIpc) is 3.60. The molecule has 0 aliphatic heterocycles. The number of hydrogen-bond donors (Lipinski definition) is 0. The highest BCUT2D eigenvalue weighted by Gasteiger charge is 2.19. The van der Waals surface area contributed by atoms with Crippen molar-refractivity contribution in [1.29, 1.82) is 0 Å². The highest BCUT2D eigenvalue weighted by molar-refractivity contribution is 7.25. The van der Waals surface area contributed by atoms with Gasteiger partial charge in [0, 0.05) is 25.1 Å². The predicted octanol–water partition coefficient (Wildman–Crippen LogP) is 9.66. The first kappa shape index (κ1) is 24.2. The van der Waals surface area contributed by atoms with Gasteiger partial charge in [-0.15, -0.1) is 22.7 Å². The van der Waals surface area contributed by atoms with Gasteiger partial charge in [0.05, 0.1) is 11.7 Å². The van der Waals surface area contributed by atoms with E-state index in [1.165, 1.54) is 47.9 Å². The molecule has 0 fully saturated rings. The van der Waals surface area contributed by atoms with Crippen LogP contribution in [0.4, 0.5) is 13.2 Å². The van der Waals surface area contributed by atoms with Crippen molar-refractivity contribution in [3.8, 4) is 30.6 Å². The van der Waals surface area contributed by atoms with Crippen LogP contribution in [-0.4, -0.2) is 8.75 Å². The van der Waals surface area contributed by atoms with E-state index in [-0.39, 0.29) is 0 Å². The standard InChI is InChI=1S/C27H23F3N2S3/c1-3-4-5-6-7-16-14-23(18-9-8-15(2)25-26(18)32-35-31-25)34-27(16)22-11-10-21(33-22)17-12-19(28)24(30)20(29)13-17/h8-14H,3-7H2,1-2H3. The fraction of sp³-hybridized carbons (Fsp3) is 0.259. The van der Waals surface area contributed by atoms with Crippen molar-refractivity contribution >= 4 is 45.4 Å². The van der Waals surface area contributed by atoms with Gasteiger partial charge in [0.2, 0.25) is 0 Å². The van der Waals surface area contributed by atoms with Crippen molar-refractivity contribution in [2.45, 2.75) is 46.0 Å². The van der Waals surface area contributed by atoms with Crippen LogP contribution in [0.5, 0.6) is 0 Å². The molecule has 3 heterocycles. The minimum absolute atomic E-state index is 0.340. The van der Waals surface area contributed by atoms with Crippen LogP contribution < -0.4 is 0 Å². The molecule has 0 saturated heterocycles. The summed E-state index contributed by atoms with van der Waals surface area (Å²) in [6, 6.07) is 12.4. The first-order chi connectivity index (χ1) is 17.0. The Morgan fingerprint density at radius 2 is 1.51 bits per heavy atom. The molecule has 35 heavy (non-hydrogen) atoms. The molecule has 180 valence electrons. The molecule has 0 atom stereocenters. The molecular formula is C27H23F3N2S3. The second kappa shape index (κ2) is 10.2. The Bertz CT molecular complexity index is 1480. The van der Waals surface area contributed by atoms with Crippen molar-refractivity contribution in [2.75, 3.05) is 0 Å². The SMILES string of the molecule is CCCCCCc1cc(-c2ccc(C)c3nsnc23)sc1-c1ccc(-c2cc(F)c(F)c(F)c2)s1. The van der Waals surface area contributed by atoms with E-state index in [0.717, 1.165) is 61.8 Å². The van der Waals surface area contributed by atoms with E-state index in [1.807, 2.05) is 19.1 Å². The fourth-order valence-electron chi connectivity index (χ4n) is 4.20. The highest BCUT2D eigenvalue weighted by Crippen LogP contribution is 2.45. The zero-order valence-electron chi connectivity index (χ0n) is 19.3. The number of aryl methyl sites for hydroxylation is 2. The molecule has 0 N–H and O–H groups in total. The minimum atomic E-state index is -1.44. The van der Waals surface area contributed by atoms with Crippen molar-refractivity contribution in [1.82, 2.24) is 8.75 Å². The molecule has 2 aromatic carbocycles. The molecule has 0 aliphatic rings. The first-order valence-corrected chi connectivity index (χ1v) is 13.9. The van der Waals surface area contributed by atoms with E-state index in [1.54, 1.807) is 11.3 Å². The molecule has 0 aliphatic carbocycles. The Morgan fingerprint density at radius 1 is 0.771 bits per heavy atom. The van der Waals surface area contributed by atoms with E-state index in [9.17, 15) is 13.2 Å². The van der Waals surface area contributed by atoms with Gasteiger partial charge in [-0.1, -0.05) is 38.3 Å². The first-order valence-electron chi connectivity index (χ1n) is 11.6. The van der Waals surface area contributed by atoms with Crippen LogP contribution >= 0.6 is 34.4 Å². The van der Waals surface area contributed by atoms with Gasteiger partial charge in [-0.25, -0.2) is 13.2 Å². The van der Waals surface area contributed by atoms with Gasteiger partial charge in [-0.05, 0) is 66.8 Å². The molecule has 0 amide bonds. The lowest BCUT2D eigenvalue weighted by Gasteiger charge is -2.02. The summed E-state index contributed by atoms with van der Waals surface area (Å²) in [6.45, 7) is 4.24. The quantitative estimate of drug-likeness (QED) is 0.148. The van der Waals surface area contributed by atoms with Crippen molar-refractivity contribution in [3.63, 3.8) is 0 Å². The predicted molar refractivity (Wildman–Crippen MR) is 142 cm³/mol. The molecule has 5 aromatic rings. The smallest absolute Gasteiger partial charge is 0.194 e. The van der Waals surface area contributed by atoms with E-state index in [2.05, 4.69) is 33.9 Å². The summed E-state index contributed by atoms with van der Waals surface area (Å²) in [5.41, 5.74) is 5.64. The Balaban J connectivity index is 1.56. The number of benzene rings is 2. The van der Waals surface area contributed by atoms with Gasteiger partial charge >= 0.3 is 0 Å². The lowest BCUT2D eigenvalue weighted by atomic mass is 10.0. The molecular weight excluding hydrogens is 506 g/mol. The second-order valence-electron chi connectivity index (χ2n) is 8.58. The summed E-state index contributed by atoms with van der Waals surface area (Å²) in [5, 5.41) is 0. The summed E-state index contributed by atoms with van der Waals surface area (Å²) in [5.74, 6) is -3.79. The third kappa shape index (κ3) is 4.79. The molecule has 3 aromatic heterocycles. The topological polar surface area (TPSA) is 25.8 Å². The zero-order valence-corrected chi connectivity index (χ0v) is 21.8. The van der Waals surface area contributed by atoms with Crippen LogP contribution in [0.3, 0.4) is 0 Å². The third-order valence-electron chi connectivity index (χ3n) is 6.09. The largest absolute Gasteiger partial charge is 0.204 e. The third-order valence-corrected chi connectivity index (χ3v) is 9.14. The lowest BCUT2D eigenvalue weighted by molar-refractivity contribution is 0.448. The summed E-state index contributed by atoms with van der Waals surface area (Å²) in [7, 11) is 0. The van der Waals surface area contributed by atoms with Crippen LogP contribution in [0.1, 0.15) is 43.7 Å². The maximum Gasteiger partial charge on any atom is 0.194 e. The van der Waals surface area contributed by atoms with Crippen LogP contribution in [0, 0.1) is 24.4 Å². The van der Waals surface area contributed by atoms with E-state index in [4.69, 9.17) is 0 Å². The number of rotatable bonds is 8. The minimum Gasteiger partial charge on any atom is -0.204 e. The zero-order chi connectivity index (χ0) is 24.5. The summed E-state index contributed by atoms with van der Waals surface area (Å²) >= 11 is 4.40. The molecule has 8 heteroatoms. The van der Waals surface area contributed by atoms with Crippen LogP contribution in [-0.2, 0) is 6.42 Å². The molecule has 2 nitrogen and oxygen atoms in total.